The zero-order valence-electron chi connectivity index (χ0n) is 13.0. The highest BCUT2D eigenvalue weighted by atomic mass is 35.5. The molecule has 126 valence electrons. The SMILES string of the molecule is Cc1cc(NC(=O)c2ccc(=O)n(-c3ccccc3F)n2)cnc1Cl. The number of nitrogens with zero attached hydrogens (tertiary/aromatic N) is 3. The number of rotatable bonds is 3. The van der Waals surface area contributed by atoms with E-state index in [2.05, 4.69) is 15.4 Å². The topological polar surface area (TPSA) is 76.9 Å². The molecule has 0 aliphatic rings. The van der Waals surface area contributed by atoms with Gasteiger partial charge in [-0.2, -0.15) is 9.78 Å². The molecule has 1 N–H and O–H groups in total. The number of nitrogens with one attached hydrogen (secondary N) is 1. The number of halogens is 2. The fourth-order valence-corrected chi connectivity index (χ4v) is 2.25. The Kier molecular flexibility index (Phi) is 4.58. The molecular weight excluding hydrogens is 347 g/mol. The third kappa shape index (κ3) is 3.56. The Labute approximate surface area is 146 Å². The van der Waals surface area contributed by atoms with Crippen LogP contribution in [0.15, 0.2) is 53.5 Å². The summed E-state index contributed by atoms with van der Waals surface area (Å²) in [6, 6.07) is 9.75. The molecule has 0 aliphatic carbocycles. The Morgan fingerprint density at radius 2 is 2.00 bits per heavy atom. The van der Waals surface area contributed by atoms with E-state index in [-0.39, 0.29) is 11.4 Å². The van der Waals surface area contributed by atoms with E-state index in [1.165, 1.54) is 30.5 Å². The molecule has 8 heteroatoms. The lowest BCUT2D eigenvalue weighted by atomic mass is 10.3. The first-order chi connectivity index (χ1) is 12.0. The van der Waals surface area contributed by atoms with Gasteiger partial charge in [-0.1, -0.05) is 23.7 Å². The van der Waals surface area contributed by atoms with Crippen molar-refractivity contribution in [2.75, 3.05) is 5.32 Å². The van der Waals surface area contributed by atoms with Crippen LogP contribution in [0.3, 0.4) is 0 Å². The number of hydrogen-bond acceptors (Lipinski definition) is 4. The molecule has 0 unspecified atom stereocenters. The summed E-state index contributed by atoms with van der Waals surface area (Å²) in [5.41, 5.74) is 0.494. The summed E-state index contributed by atoms with van der Waals surface area (Å²) in [7, 11) is 0. The van der Waals surface area contributed by atoms with E-state index < -0.39 is 17.3 Å². The van der Waals surface area contributed by atoms with Crippen molar-refractivity contribution in [2.45, 2.75) is 6.92 Å². The van der Waals surface area contributed by atoms with Crippen LogP contribution in [-0.4, -0.2) is 20.7 Å². The van der Waals surface area contributed by atoms with Gasteiger partial charge in [0.25, 0.3) is 11.5 Å². The minimum absolute atomic E-state index is 0.0360. The fraction of sp³-hybridized carbons (Fsp3) is 0.0588. The first kappa shape index (κ1) is 16.8. The Morgan fingerprint density at radius 3 is 2.72 bits per heavy atom. The number of hydrogen-bond donors (Lipinski definition) is 1. The zero-order valence-corrected chi connectivity index (χ0v) is 13.8. The Bertz CT molecular complexity index is 1020. The lowest BCUT2D eigenvalue weighted by Gasteiger charge is -2.09. The third-order valence-corrected chi connectivity index (χ3v) is 3.78. The predicted octanol–water partition coefficient (Wildman–Crippen LogP) is 2.98. The second kappa shape index (κ2) is 6.82. The van der Waals surface area contributed by atoms with Gasteiger partial charge in [-0.3, -0.25) is 9.59 Å². The van der Waals surface area contributed by atoms with E-state index in [1.807, 2.05) is 0 Å². The average Bonchev–Trinajstić information content (AvgIpc) is 2.59. The first-order valence-corrected chi connectivity index (χ1v) is 7.62. The van der Waals surface area contributed by atoms with Crippen LogP contribution in [0.5, 0.6) is 0 Å². The second-order valence-electron chi connectivity index (χ2n) is 5.21. The monoisotopic (exact) mass is 358 g/mol. The molecule has 1 amide bonds. The summed E-state index contributed by atoms with van der Waals surface area (Å²) in [6.45, 7) is 1.75. The van der Waals surface area contributed by atoms with Crippen molar-refractivity contribution in [3.05, 3.63) is 81.2 Å². The number of anilines is 1. The van der Waals surface area contributed by atoms with E-state index in [9.17, 15) is 14.0 Å². The summed E-state index contributed by atoms with van der Waals surface area (Å²) < 4.78 is 14.7. The number of benzene rings is 1. The van der Waals surface area contributed by atoms with E-state index in [1.54, 1.807) is 19.1 Å². The number of pyridine rings is 1. The van der Waals surface area contributed by atoms with E-state index in [0.29, 0.717) is 16.4 Å². The van der Waals surface area contributed by atoms with Crippen LogP contribution >= 0.6 is 11.6 Å². The molecule has 0 saturated heterocycles. The van der Waals surface area contributed by atoms with Gasteiger partial charge in [0, 0.05) is 6.07 Å². The average molecular weight is 359 g/mol. The number of para-hydroxylation sites is 1. The lowest BCUT2D eigenvalue weighted by Crippen LogP contribution is -2.25. The first-order valence-electron chi connectivity index (χ1n) is 7.24. The van der Waals surface area contributed by atoms with Gasteiger partial charge in [-0.25, -0.2) is 9.37 Å². The van der Waals surface area contributed by atoms with Crippen LogP contribution in [0.25, 0.3) is 5.69 Å². The summed E-state index contributed by atoms with van der Waals surface area (Å²) in [5, 5.41) is 6.89. The van der Waals surface area contributed by atoms with Gasteiger partial charge >= 0.3 is 0 Å². The smallest absolute Gasteiger partial charge is 0.276 e. The largest absolute Gasteiger partial charge is 0.319 e. The molecule has 0 saturated carbocycles. The summed E-state index contributed by atoms with van der Waals surface area (Å²) in [5.74, 6) is -1.18. The van der Waals surface area contributed by atoms with Crippen LogP contribution in [0, 0.1) is 12.7 Å². The van der Waals surface area contributed by atoms with Crippen molar-refractivity contribution in [2.24, 2.45) is 0 Å². The fourth-order valence-electron chi connectivity index (χ4n) is 2.15. The number of carbonyl (C=O) groups excluding carboxylic acids is 1. The van der Waals surface area contributed by atoms with Gasteiger partial charge in [-0.05, 0) is 36.8 Å². The molecule has 0 fully saturated rings. The van der Waals surface area contributed by atoms with E-state index >= 15 is 0 Å². The molecule has 1 aromatic carbocycles. The van der Waals surface area contributed by atoms with Crippen molar-refractivity contribution >= 4 is 23.2 Å². The Balaban J connectivity index is 1.94. The van der Waals surface area contributed by atoms with Crippen LogP contribution < -0.4 is 10.9 Å². The maximum Gasteiger partial charge on any atom is 0.276 e. The molecule has 0 aliphatic heterocycles. The van der Waals surface area contributed by atoms with Gasteiger partial charge in [0.1, 0.15) is 22.4 Å². The Hall–Kier alpha value is -3.06. The molecular formula is C17H12ClFN4O2. The van der Waals surface area contributed by atoms with Gasteiger partial charge in [0.15, 0.2) is 0 Å². The van der Waals surface area contributed by atoms with Crippen LogP contribution in [0.1, 0.15) is 16.1 Å². The summed E-state index contributed by atoms with van der Waals surface area (Å²) >= 11 is 5.85. The normalized spacial score (nSPS) is 10.5. The lowest BCUT2D eigenvalue weighted by molar-refractivity contribution is 0.102. The van der Waals surface area contributed by atoms with E-state index in [0.717, 1.165) is 10.7 Å². The van der Waals surface area contributed by atoms with Crippen LogP contribution in [-0.2, 0) is 0 Å². The number of aromatic nitrogens is 3. The Morgan fingerprint density at radius 1 is 1.24 bits per heavy atom. The standard InChI is InChI=1S/C17H12ClFN4O2/c1-10-8-11(9-20-16(10)18)21-17(25)13-6-7-15(24)23(22-13)14-5-3-2-4-12(14)19/h2-9H,1H3,(H,21,25). The van der Waals surface area contributed by atoms with Gasteiger partial charge in [-0.15, -0.1) is 0 Å². The van der Waals surface area contributed by atoms with E-state index in [4.69, 9.17) is 11.6 Å². The third-order valence-electron chi connectivity index (χ3n) is 3.39. The van der Waals surface area contributed by atoms with Crippen molar-refractivity contribution < 1.29 is 9.18 Å². The molecule has 3 rings (SSSR count). The quantitative estimate of drug-likeness (QED) is 0.730. The van der Waals surface area contributed by atoms with Crippen molar-refractivity contribution in [3.63, 3.8) is 0 Å². The summed E-state index contributed by atoms with van der Waals surface area (Å²) in [6.07, 6.45) is 1.40. The zero-order chi connectivity index (χ0) is 18.0. The molecule has 0 atom stereocenters. The van der Waals surface area contributed by atoms with Crippen LogP contribution in [0.4, 0.5) is 10.1 Å². The number of carbonyl (C=O) groups is 1. The molecule has 2 heterocycles. The predicted molar refractivity (Wildman–Crippen MR) is 91.7 cm³/mol. The van der Waals surface area contributed by atoms with Gasteiger partial charge in [0.2, 0.25) is 0 Å². The molecule has 25 heavy (non-hydrogen) atoms. The highest BCUT2D eigenvalue weighted by Crippen LogP contribution is 2.16. The van der Waals surface area contributed by atoms with Crippen molar-refractivity contribution in [1.29, 1.82) is 0 Å². The number of aryl methyl sites for hydroxylation is 1. The summed E-state index contributed by atoms with van der Waals surface area (Å²) in [4.78, 5) is 28.3. The minimum Gasteiger partial charge on any atom is -0.319 e. The number of amides is 1. The highest BCUT2D eigenvalue weighted by Gasteiger charge is 2.13. The van der Waals surface area contributed by atoms with Gasteiger partial charge in [0.05, 0.1) is 11.9 Å². The van der Waals surface area contributed by atoms with Gasteiger partial charge < -0.3 is 5.32 Å². The maximum absolute atomic E-state index is 13.9. The molecule has 0 bridgehead atoms. The molecule has 0 radical (unpaired) electrons. The maximum atomic E-state index is 13.9. The molecule has 6 nitrogen and oxygen atoms in total. The minimum atomic E-state index is -0.618. The van der Waals surface area contributed by atoms with Crippen molar-refractivity contribution in [3.8, 4) is 5.69 Å². The van der Waals surface area contributed by atoms with Crippen LogP contribution in [0.2, 0.25) is 5.15 Å². The molecule has 0 spiro atoms. The van der Waals surface area contributed by atoms with Crippen molar-refractivity contribution in [1.82, 2.24) is 14.8 Å². The molecule has 3 aromatic rings. The second-order valence-corrected chi connectivity index (χ2v) is 5.56. The highest BCUT2D eigenvalue weighted by molar-refractivity contribution is 6.30. The molecule has 2 aromatic heterocycles.